The van der Waals surface area contributed by atoms with Crippen LogP contribution in [0.3, 0.4) is 0 Å². The fourth-order valence-electron chi connectivity index (χ4n) is 2.58. The van der Waals surface area contributed by atoms with Gasteiger partial charge in [-0.25, -0.2) is 13.4 Å². The van der Waals surface area contributed by atoms with Crippen LogP contribution in [0.2, 0.25) is 5.15 Å². The van der Waals surface area contributed by atoms with Gasteiger partial charge in [0.1, 0.15) is 5.15 Å². The number of aromatic nitrogens is 1. The number of hydrogen-bond donors (Lipinski definition) is 0. The molecule has 1 fully saturated rings. The van der Waals surface area contributed by atoms with Gasteiger partial charge in [0.25, 0.3) is 0 Å². The molecular weight excluding hydrogens is 300 g/mol. The lowest BCUT2D eigenvalue weighted by Crippen LogP contribution is -2.58. The topological polar surface area (TPSA) is 59.5 Å². The van der Waals surface area contributed by atoms with Gasteiger partial charge in [0.15, 0.2) is 0 Å². The van der Waals surface area contributed by atoms with Gasteiger partial charge in [0.05, 0.1) is 16.1 Å². The standard InChI is InChI=1S/C13H19ClN2O3S/c1-12(2)8-16(9-13(3,4)19-12)20(17,18)10-5-6-15-11(14)7-10/h5-7H,8-9H2,1-4H3. The van der Waals surface area contributed by atoms with Gasteiger partial charge < -0.3 is 4.74 Å². The summed E-state index contributed by atoms with van der Waals surface area (Å²) in [5.41, 5.74) is -1.07. The van der Waals surface area contributed by atoms with Crippen molar-refractivity contribution < 1.29 is 13.2 Å². The number of nitrogens with zero attached hydrogens (tertiary/aromatic N) is 2. The van der Waals surface area contributed by atoms with Gasteiger partial charge in [0, 0.05) is 19.3 Å². The van der Waals surface area contributed by atoms with E-state index >= 15 is 0 Å². The van der Waals surface area contributed by atoms with Crippen LogP contribution in [0.25, 0.3) is 0 Å². The predicted octanol–water partition coefficient (Wildman–Crippen LogP) is 2.31. The third-order valence-corrected chi connectivity index (χ3v) is 5.00. The average Bonchev–Trinajstić information content (AvgIpc) is 2.24. The first-order valence-corrected chi connectivity index (χ1v) is 8.16. The maximum Gasteiger partial charge on any atom is 0.243 e. The van der Waals surface area contributed by atoms with E-state index in [4.69, 9.17) is 16.3 Å². The van der Waals surface area contributed by atoms with Gasteiger partial charge in [-0.3, -0.25) is 0 Å². The highest BCUT2D eigenvalue weighted by Gasteiger charge is 2.43. The molecule has 2 rings (SSSR count). The minimum Gasteiger partial charge on any atom is -0.367 e. The molecule has 0 atom stereocenters. The molecule has 2 heterocycles. The molecule has 0 unspecified atom stereocenters. The van der Waals surface area contributed by atoms with Crippen molar-refractivity contribution >= 4 is 21.6 Å². The largest absolute Gasteiger partial charge is 0.367 e. The average molecular weight is 319 g/mol. The lowest BCUT2D eigenvalue weighted by molar-refractivity contribution is -0.163. The van der Waals surface area contributed by atoms with Crippen molar-refractivity contribution in [1.29, 1.82) is 0 Å². The Balaban J connectivity index is 2.39. The molecule has 0 bridgehead atoms. The Hall–Kier alpha value is -0.690. The molecule has 1 aromatic heterocycles. The summed E-state index contributed by atoms with van der Waals surface area (Å²) in [6, 6.07) is 2.82. The van der Waals surface area contributed by atoms with Crippen molar-refractivity contribution in [2.24, 2.45) is 0 Å². The van der Waals surface area contributed by atoms with Gasteiger partial charge in [-0.1, -0.05) is 11.6 Å². The van der Waals surface area contributed by atoms with Crippen molar-refractivity contribution in [3.05, 3.63) is 23.5 Å². The minimum atomic E-state index is -3.60. The summed E-state index contributed by atoms with van der Waals surface area (Å²) in [5.74, 6) is 0. The van der Waals surface area contributed by atoms with Gasteiger partial charge in [0.2, 0.25) is 10.0 Å². The zero-order valence-corrected chi connectivity index (χ0v) is 13.6. The lowest BCUT2D eigenvalue weighted by Gasteiger charge is -2.46. The van der Waals surface area contributed by atoms with E-state index in [-0.39, 0.29) is 10.0 Å². The van der Waals surface area contributed by atoms with Gasteiger partial charge in [-0.2, -0.15) is 4.31 Å². The molecule has 0 radical (unpaired) electrons. The maximum absolute atomic E-state index is 12.7. The number of rotatable bonds is 2. The van der Waals surface area contributed by atoms with E-state index in [9.17, 15) is 8.42 Å². The molecule has 1 aliphatic heterocycles. The van der Waals surface area contributed by atoms with Crippen LogP contribution in [0.4, 0.5) is 0 Å². The fraction of sp³-hybridized carbons (Fsp3) is 0.615. The number of sulfonamides is 1. The summed E-state index contributed by atoms with van der Waals surface area (Å²) < 4.78 is 32.7. The molecule has 0 aliphatic carbocycles. The van der Waals surface area contributed by atoms with E-state index in [2.05, 4.69) is 4.98 Å². The van der Waals surface area contributed by atoms with Crippen molar-refractivity contribution in [3.63, 3.8) is 0 Å². The highest BCUT2D eigenvalue weighted by molar-refractivity contribution is 7.89. The Morgan fingerprint density at radius 1 is 1.25 bits per heavy atom. The maximum atomic E-state index is 12.7. The Morgan fingerprint density at radius 3 is 2.30 bits per heavy atom. The Bertz CT molecular complexity index is 598. The van der Waals surface area contributed by atoms with Crippen LogP contribution >= 0.6 is 11.6 Å². The van der Waals surface area contributed by atoms with Crippen molar-refractivity contribution in [2.45, 2.75) is 43.8 Å². The molecule has 0 spiro atoms. The molecule has 0 saturated carbocycles. The third kappa shape index (κ3) is 3.31. The molecule has 5 nitrogen and oxygen atoms in total. The van der Waals surface area contributed by atoms with E-state index in [1.54, 1.807) is 0 Å². The SMILES string of the molecule is CC1(C)CN(S(=O)(=O)c2ccnc(Cl)c2)CC(C)(C)O1. The monoisotopic (exact) mass is 318 g/mol. The molecule has 20 heavy (non-hydrogen) atoms. The second-order valence-electron chi connectivity index (χ2n) is 6.21. The molecule has 1 saturated heterocycles. The quantitative estimate of drug-likeness (QED) is 0.785. The first-order valence-electron chi connectivity index (χ1n) is 6.34. The van der Waals surface area contributed by atoms with E-state index in [0.717, 1.165) is 0 Å². The number of morpholine rings is 1. The number of hydrogen-bond acceptors (Lipinski definition) is 4. The number of pyridine rings is 1. The van der Waals surface area contributed by atoms with Gasteiger partial charge in [-0.05, 0) is 39.8 Å². The summed E-state index contributed by atoms with van der Waals surface area (Å²) in [6.45, 7) is 8.15. The molecule has 1 aliphatic rings. The fourth-order valence-corrected chi connectivity index (χ4v) is 4.57. The van der Waals surface area contributed by atoms with Crippen LogP contribution in [0.5, 0.6) is 0 Å². The van der Waals surface area contributed by atoms with Crippen LogP contribution in [-0.2, 0) is 14.8 Å². The summed E-state index contributed by atoms with van der Waals surface area (Å²) in [4.78, 5) is 3.97. The lowest BCUT2D eigenvalue weighted by atomic mass is 10.0. The third-order valence-electron chi connectivity index (χ3n) is 3.00. The number of ether oxygens (including phenoxy) is 1. The first kappa shape index (κ1) is 15.7. The second-order valence-corrected chi connectivity index (χ2v) is 8.53. The van der Waals surface area contributed by atoms with Crippen LogP contribution < -0.4 is 0 Å². The first-order chi connectivity index (χ1) is 9.02. The van der Waals surface area contributed by atoms with Crippen molar-refractivity contribution in [1.82, 2.24) is 9.29 Å². The highest BCUT2D eigenvalue weighted by atomic mass is 35.5. The summed E-state index contributed by atoms with van der Waals surface area (Å²) >= 11 is 5.78. The zero-order valence-electron chi connectivity index (χ0n) is 12.1. The van der Waals surface area contributed by atoms with Crippen LogP contribution in [-0.4, -0.2) is 42.0 Å². The van der Waals surface area contributed by atoms with E-state index in [1.807, 2.05) is 27.7 Å². The summed E-state index contributed by atoms with van der Waals surface area (Å²) in [5, 5.41) is 0.165. The number of halogens is 1. The van der Waals surface area contributed by atoms with Gasteiger partial charge >= 0.3 is 0 Å². The predicted molar refractivity (Wildman–Crippen MR) is 77.2 cm³/mol. The normalized spacial score (nSPS) is 22.6. The van der Waals surface area contributed by atoms with Crippen molar-refractivity contribution in [3.8, 4) is 0 Å². The van der Waals surface area contributed by atoms with Gasteiger partial charge in [-0.15, -0.1) is 0 Å². The van der Waals surface area contributed by atoms with E-state index < -0.39 is 21.2 Å². The molecule has 0 aromatic carbocycles. The Kier molecular flexibility index (Phi) is 3.88. The van der Waals surface area contributed by atoms with Crippen LogP contribution in [0.15, 0.2) is 23.2 Å². The van der Waals surface area contributed by atoms with Crippen molar-refractivity contribution in [2.75, 3.05) is 13.1 Å². The van der Waals surface area contributed by atoms with E-state index in [1.165, 1.54) is 22.6 Å². The van der Waals surface area contributed by atoms with Crippen LogP contribution in [0, 0.1) is 0 Å². The summed E-state index contributed by atoms with van der Waals surface area (Å²) in [7, 11) is -3.60. The highest BCUT2D eigenvalue weighted by Crippen LogP contribution is 2.31. The smallest absolute Gasteiger partial charge is 0.243 e. The molecule has 7 heteroatoms. The van der Waals surface area contributed by atoms with E-state index in [0.29, 0.717) is 13.1 Å². The minimum absolute atomic E-state index is 0.158. The molecule has 1 aromatic rings. The molecule has 0 amide bonds. The second kappa shape index (κ2) is 4.94. The Labute approximate surface area is 125 Å². The van der Waals surface area contributed by atoms with Crippen LogP contribution in [0.1, 0.15) is 27.7 Å². The summed E-state index contributed by atoms with van der Waals surface area (Å²) in [6.07, 6.45) is 1.39. The Morgan fingerprint density at radius 2 is 1.80 bits per heavy atom. The molecular formula is C13H19ClN2O3S. The molecule has 0 N–H and O–H groups in total. The zero-order chi connectivity index (χ0) is 15.2. The molecule has 112 valence electrons.